The van der Waals surface area contributed by atoms with E-state index in [0.29, 0.717) is 0 Å². The zero-order valence-corrected chi connectivity index (χ0v) is 12.8. The third-order valence-corrected chi connectivity index (χ3v) is 4.31. The molecule has 1 aliphatic rings. The van der Waals surface area contributed by atoms with E-state index in [1.807, 2.05) is 11.7 Å². The van der Waals surface area contributed by atoms with Gasteiger partial charge in [0, 0.05) is 26.2 Å². The lowest BCUT2D eigenvalue weighted by molar-refractivity contribution is 0.220. The van der Waals surface area contributed by atoms with Gasteiger partial charge in [-0.2, -0.15) is 5.10 Å². The third kappa shape index (κ3) is 3.10. The van der Waals surface area contributed by atoms with Gasteiger partial charge < -0.3 is 0 Å². The first-order chi connectivity index (χ1) is 7.99. The van der Waals surface area contributed by atoms with Gasteiger partial charge in [-0.1, -0.05) is 13.8 Å². The average Bonchev–Trinajstić information content (AvgIpc) is 3.02. The molecule has 0 radical (unpaired) electrons. The third-order valence-electron chi connectivity index (χ3n) is 3.28. The Morgan fingerprint density at radius 1 is 1.47 bits per heavy atom. The molecule has 0 amide bonds. The summed E-state index contributed by atoms with van der Waals surface area (Å²) >= 11 is 3.66. The fourth-order valence-corrected chi connectivity index (χ4v) is 2.76. The van der Waals surface area contributed by atoms with Crippen LogP contribution in [-0.4, -0.2) is 27.3 Å². The van der Waals surface area contributed by atoms with Crippen molar-refractivity contribution in [2.75, 3.05) is 6.54 Å². The second-order valence-corrected chi connectivity index (χ2v) is 6.32. The molecule has 2 rings (SSSR count). The summed E-state index contributed by atoms with van der Waals surface area (Å²) < 4.78 is 3.18. The van der Waals surface area contributed by atoms with Crippen molar-refractivity contribution in [3.8, 4) is 0 Å². The smallest absolute Gasteiger partial charge is 0.0739 e. The molecule has 3 nitrogen and oxygen atoms in total. The minimum atomic E-state index is 0.726. The Bertz CT molecular complexity index is 394. The maximum Gasteiger partial charge on any atom is 0.0739 e. The standard InChI is InChI=1S/C13H22BrN3/c1-9(2)7-17(11-5-6-11)8-12-13(14)10(3)15-16(12)4/h9,11H,5-8H2,1-4H3. The van der Waals surface area contributed by atoms with E-state index in [4.69, 9.17) is 0 Å². The summed E-state index contributed by atoms with van der Waals surface area (Å²) in [5, 5.41) is 4.47. The zero-order valence-electron chi connectivity index (χ0n) is 11.2. The molecule has 1 aromatic heterocycles. The molecule has 0 aliphatic heterocycles. The lowest BCUT2D eigenvalue weighted by Crippen LogP contribution is -2.30. The van der Waals surface area contributed by atoms with E-state index in [1.165, 1.54) is 29.6 Å². The van der Waals surface area contributed by atoms with Crippen molar-refractivity contribution in [1.29, 1.82) is 0 Å². The molecule has 0 spiro atoms. The summed E-state index contributed by atoms with van der Waals surface area (Å²) in [5.41, 5.74) is 2.39. The van der Waals surface area contributed by atoms with Gasteiger partial charge in [-0.3, -0.25) is 9.58 Å². The largest absolute Gasteiger partial charge is 0.294 e. The van der Waals surface area contributed by atoms with Gasteiger partial charge >= 0.3 is 0 Å². The molecule has 1 saturated carbocycles. The molecule has 0 unspecified atom stereocenters. The minimum absolute atomic E-state index is 0.726. The Labute approximate surface area is 112 Å². The Morgan fingerprint density at radius 3 is 2.53 bits per heavy atom. The molecule has 0 N–H and O–H groups in total. The van der Waals surface area contributed by atoms with Crippen molar-refractivity contribution < 1.29 is 0 Å². The van der Waals surface area contributed by atoms with E-state index < -0.39 is 0 Å². The van der Waals surface area contributed by atoms with Gasteiger partial charge in [0.15, 0.2) is 0 Å². The highest BCUT2D eigenvalue weighted by molar-refractivity contribution is 9.10. The number of hydrogen-bond acceptors (Lipinski definition) is 2. The molecule has 0 atom stereocenters. The molecular weight excluding hydrogens is 278 g/mol. The summed E-state index contributed by atoms with van der Waals surface area (Å²) in [6, 6.07) is 0.805. The van der Waals surface area contributed by atoms with Gasteiger partial charge in [-0.25, -0.2) is 0 Å². The van der Waals surface area contributed by atoms with E-state index in [9.17, 15) is 0 Å². The number of nitrogens with zero attached hydrogens (tertiary/aromatic N) is 3. The summed E-state index contributed by atoms with van der Waals surface area (Å²) in [6.07, 6.45) is 2.72. The summed E-state index contributed by atoms with van der Waals surface area (Å²) in [5.74, 6) is 0.726. The maximum atomic E-state index is 4.47. The molecule has 1 fully saturated rings. The van der Waals surface area contributed by atoms with Crippen LogP contribution in [0.3, 0.4) is 0 Å². The van der Waals surface area contributed by atoms with E-state index >= 15 is 0 Å². The lowest BCUT2D eigenvalue weighted by Gasteiger charge is -2.24. The molecule has 0 bridgehead atoms. The normalized spacial score (nSPS) is 16.2. The van der Waals surface area contributed by atoms with Crippen molar-refractivity contribution in [2.24, 2.45) is 13.0 Å². The molecule has 0 aromatic carbocycles. The second kappa shape index (κ2) is 5.11. The van der Waals surface area contributed by atoms with E-state index in [2.05, 4.69) is 46.7 Å². The van der Waals surface area contributed by atoms with E-state index in [0.717, 1.165) is 24.2 Å². The van der Waals surface area contributed by atoms with Crippen molar-refractivity contribution in [3.05, 3.63) is 15.9 Å². The highest BCUT2D eigenvalue weighted by Gasteiger charge is 2.30. The topological polar surface area (TPSA) is 21.1 Å². The second-order valence-electron chi connectivity index (χ2n) is 5.52. The number of halogens is 1. The molecule has 4 heteroatoms. The highest BCUT2D eigenvalue weighted by Crippen LogP contribution is 2.31. The molecule has 17 heavy (non-hydrogen) atoms. The van der Waals surface area contributed by atoms with E-state index in [1.54, 1.807) is 0 Å². The van der Waals surface area contributed by atoms with Crippen LogP contribution in [-0.2, 0) is 13.6 Å². The number of rotatable bonds is 5. The van der Waals surface area contributed by atoms with E-state index in [-0.39, 0.29) is 0 Å². The predicted octanol–water partition coefficient (Wildman–Crippen LogP) is 3.11. The lowest BCUT2D eigenvalue weighted by atomic mass is 10.2. The fourth-order valence-electron chi connectivity index (χ4n) is 2.30. The predicted molar refractivity (Wildman–Crippen MR) is 73.9 cm³/mol. The molecule has 0 saturated heterocycles. The van der Waals surface area contributed by atoms with Crippen LogP contribution in [0.4, 0.5) is 0 Å². The van der Waals surface area contributed by atoms with Crippen LogP contribution in [0, 0.1) is 12.8 Å². The SMILES string of the molecule is Cc1nn(C)c(CN(CC(C)C)C2CC2)c1Br. The monoisotopic (exact) mass is 299 g/mol. The van der Waals surface area contributed by atoms with Crippen LogP contribution < -0.4 is 0 Å². The first-order valence-electron chi connectivity index (χ1n) is 6.41. The highest BCUT2D eigenvalue weighted by atomic mass is 79.9. The Kier molecular flexibility index (Phi) is 3.93. The van der Waals surface area contributed by atoms with Crippen LogP contribution in [0.2, 0.25) is 0 Å². The Morgan fingerprint density at radius 2 is 2.12 bits per heavy atom. The summed E-state index contributed by atoms with van der Waals surface area (Å²) in [6.45, 7) is 8.83. The van der Waals surface area contributed by atoms with Crippen molar-refractivity contribution in [2.45, 2.75) is 46.2 Å². The number of aromatic nitrogens is 2. The van der Waals surface area contributed by atoms with Gasteiger partial charge in [0.05, 0.1) is 15.9 Å². The molecule has 1 aliphatic carbocycles. The van der Waals surface area contributed by atoms with Crippen LogP contribution in [0.1, 0.15) is 38.1 Å². The minimum Gasteiger partial charge on any atom is -0.294 e. The maximum absolute atomic E-state index is 4.47. The Hall–Kier alpha value is -0.350. The van der Waals surface area contributed by atoms with Gasteiger partial charge in [0.2, 0.25) is 0 Å². The molecule has 96 valence electrons. The van der Waals surface area contributed by atoms with Crippen LogP contribution in [0.25, 0.3) is 0 Å². The first kappa shape index (κ1) is 13.1. The molecule has 1 heterocycles. The van der Waals surface area contributed by atoms with Gasteiger partial charge in [0.25, 0.3) is 0 Å². The fraction of sp³-hybridized carbons (Fsp3) is 0.769. The average molecular weight is 300 g/mol. The van der Waals surface area contributed by atoms with Crippen LogP contribution >= 0.6 is 15.9 Å². The van der Waals surface area contributed by atoms with Crippen molar-refractivity contribution >= 4 is 15.9 Å². The number of aryl methyl sites for hydroxylation is 2. The van der Waals surface area contributed by atoms with Crippen molar-refractivity contribution in [3.63, 3.8) is 0 Å². The summed E-state index contributed by atoms with van der Waals surface area (Å²) in [4.78, 5) is 2.60. The van der Waals surface area contributed by atoms with Gasteiger partial charge in [-0.05, 0) is 41.6 Å². The molecule has 1 aromatic rings. The Balaban J connectivity index is 2.11. The van der Waals surface area contributed by atoms with Crippen molar-refractivity contribution in [1.82, 2.24) is 14.7 Å². The van der Waals surface area contributed by atoms with Crippen LogP contribution in [0.15, 0.2) is 4.47 Å². The first-order valence-corrected chi connectivity index (χ1v) is 7.20. The van der Waals surface area contributed by atoms with Gasteiger partial charge in [-0.15, -0.1) is 0 Å². The summed E-state index contributed by atoms with van der Waals surface area (Å²) in [7, 11) is 2.04. The molecular formula is C13H22BrN3. The quantitative estimate of drug-likeness (QED) is 0.833. The number of hydrogen-bond donors (Lipinski definition) is 0. The zero-order chi connectivity index (χ0) is 12.6. The van der Waals surface area contributed by atoms with Gasteiger partial charge in [0.1, 0.15) is 0 Å². The van der Waals surface area contributed by atoms with Crippen LogP contribution in [0.5, 0.6) is 0 Å².